The lowest BCUT2D eigenvalue weighted by Crippen LogP contribution is -2.50. The fourth-order valence-electron chi connectivity index (χ4n) is 2.19. The quantitative estimate of drug-likeness (QED) is 0.855. The molecule has 122 valence electrons. The molecule has 0 fully saturated rings. The van der Waals surface area contributed by atoms with Crippen LogP contribution >= 0.6 is 11.3 Å². The van der Waals surface area contributed by atoms with Crippen LogP contribution in [0.5, 0.6) is 0 Å². The Balaban J connectivity index is 2.02. The number of hydrogen-bond donors (Lipinski definition) is 2. The summed E-state index contributed by atoms with van der Waals surface area (Å²) in [6.45, 7) is 5.73. The van der Waals surface area contributed by atoms with Crippen LogP contribution in [0, 0.1) is 5.92 Å². The van der Waals surface area contributed by atoms with E-state index in [0.717, 1.165) is 5.56 Å². The van der Waals surface area contributed by atoms with Gasteiger partial charge in [-0.3, -0.25) is 14.6 Å². The maximum Gasteiger partial charge on any atom is 0.262 e. The number of nitrogens with one attached hydrogen (secondary N) is 2. The summed E-state index contributed by atoms with van der Waals surface area (Å²) in [5, 5.41) is 7.61. The van der Waals surface area contributed by atoms with Gasteiger partial charge >= 0.3 is 0 Å². The molecule has 0 spiro atoms. The van der Waals surface area contributed by atoms with Crippen molar-refractivity contribution in [1.29, 1.82) is 0 Å². The van der Waals surface area contributed by atoms with Crippen LogP contribution in [0.25, 0.3) is 0 Å². The van der Waals surface area contributed by atoms with E-state index in [4.69, 9.17) is 0 Å². The van der Waals surface area contributed by atoms with Crippen molar-refractivity contribution in [3.63, 3.8) is 0 Å². The zero-order valence-corrected chi connectivity index (χ0v) is 14.3. The topological polar surface area (TPSA) is 71.1 Å². The minimum Gasteiger partial charge on any atom is -0.348 e. The Morgan fingerprint density at radius 3 is 2.35 bits per heavy atom. The molecule has 2 aromatic heterocycles. The number of aromatic nitrogens is 1. The lowest BCUT2D eigenvalue weighted by molar-refractivity contribution is -0.124. The van der Waals surface area contributed by atoms with Gasteiger partial charge in [-0.05, 0) is 42.0 Å². The van der Waals surface area contributed by atoms with Crippen molar-refractivity contribution in [3.8, 4) is 0 Å². The van der Waals surface area contributed by atoms with Gasteiger partial charge in [0.2, 0.25) is 5.91 Å². The summed E-state index contributed by atoms with van der Waals surface area (Å²) in [7, 11) is 0. The summed E-state index contributed by atoms with van der Waals surface area (Å²) in [6.07, 6.45) is 3.38. The van der Waals surface area contributed by atoms with Crippen LogP contribution < -0.4 is 10.6 Å². The number of hydrogen-bond acceptors (Lipinski definition) is 4. The van der Waals surface area contributed by atoms with Gasteiger partial charge in [0.05, 0.1) is 10.9 Å². The fraction of sp³-hybridized carbons (Fsp3) is 0.353. The molecular weight excluding hydrogens is 310 g/mol. The summed E-state index contributed by atoms with van der Waals surface area (Å²) >= 11 is 1.36. The van der Waals surface area contributed by atoms with E-state index in [-0.39, 0.29) is 23.8 Å². The highest BCUT2D eigenvalue weighted by molar-refractivity contribution is 7.12. The first kappa shape index (κ1) is 17.1. The Morgan fingerprint density at radius 2 is 1.78 bits per heavy atom. The van der Waals surface area contributed by atoms with Crippen molar-refractivity contribution < 1.29 is 9.59 Å². The smallest absolute Gasteiger partial charge is 0.262 e. The normalized spacial score (nSPS) is 13.4. The monoisotopic (exact) mass is 331 g/mol. The number of rotatable bonds is 6. The molecular formula is C17H21N3O2S. The van der Waals surface area contributed by atoms with Crippen molar-refractivity contribution in [2.24, 2.45) is 5.92 Å². The molecule has 0 saturated carbocycles. The van der Waals surface area contributed by atoms with E-state index in [0.29, 0.717) is 4.88 Å². The number of carbonyl (C=O) groups is 2. The Morgan fingerprint density at radius 1 is 1.09 bits per heavy atom. The molecule has 0 saturated heterocycles. The van der Waals surface area contributed by atoms with E-state index in [1.165, 1.54) is 11.3 Å². The van der Waals surface area contributed by atoms with Crippen LogP contribution in [-0.4, -0.2) is 22.8 Å². The predicted molar refractivity (Wildman–Crippen MR) is 91.2 cm³/mol. The molecule has 5 nitrogen and oxygen atoms in total. The van der Waals surface area contributed by atoms with Gasteiger partial charge in [-0.1, -0.05) is 19.9 Å². The molecule has 0 aliphatic heterocycles. The number of thiophene rings is 1. The average molecular weight is 331 g/mol. The summed E-state index contributed by atoms with van der Waals surface area (Å²) in [4.78, 5) is 29.3. The molecule has 0 aromatic carbocycles. The van der Waals surface area contributed by atoms with E-state index < -0.39 is 6.04 Å². The number of amides is 2. The highest BCUT2D eigenvalue weighted by Gasteiger charge is 2.26. The average Bonchev–Trinajstić information content (AvgIpc) is 3.07. The molecule has 2 unspecified atom stereocenters. The number of pyridine rings is 1. The Kier molecular flexibility index (Phi) is 5.87. The summed E-state index contributed by atoms with van der Waals surface area (Å²) in [5.41, 5.74) is 0.973. The van der Waals surface area contributed by atoms with Gasteiger partial charge in [0.1, 0.15) is 6.04 Å². The van der Waals surface area contributed by atoms with E-state index in [1.807, 2.05) is 44.4 Å². The first-order valence-electron chi connectivity index (χ1n) is 7.53. The van der Waals surface area contributed by atoms with E-state index in [1.54, 1.807) is 18.5 Å². The SMILES string of the molecule is CC(NC(=O)C(NC(=O)c1cccs1)C(C)C)c1ccncc1. The third-order valence-electron chi connectivity index (χ3n) is 3.55. The van der Waals surface area contributed by atoms with Crippen LogP contribution in [0.3, 0.4) is 0 Å². The van der Waals surface area contributed by atoms with Gasteiger partial charge in [-0.15, -0.1) is 11.3 Å². The molecule has 0 bridgehead atoms. The number of carbonyl (C=O) groups excluding carboxylic acids is 2. The van der Waals surface area contributed by atoms with Gasteiger partial charge in [0.15, 0.2) is 0 Å². The van der Waals surface area contributed by atoms with Crippen molar-refractivity contribution in [2.45, 2.75) is 32.9 Å². The molecule has 2 atom stereocenters. The van der Waals surface area contributed by atoms with Gasteiger partial charge in [-0.2, -0.15) is 0 Å². The van der Waals surface area contributed by atoms with Crippen molar-refractivity contribution >= 4 is 23.2 Å². The first-order valence-corrected chi connectivity index (χ1v) is 8.41. The first-order chi connectivity index (χ1) is 11.0. The maximum atomic E-state index is 12.5. The minimum atomic E-state index is -0.575. The molecule has 2 aromatic rings. The Hall–Kier alpha value is -2.21. The molecule has 2 amide bonds. The molecule has 23 heavy (non-hydrogen) atoms. The maximum absolute atomic E-state index is 12.5. The molecule has 6 heteroatoms. The molecule has 2 N–H and O–H groups in total. The van der Waals surface area contributed by atoms with Gasteiger partial charge < -0.3 is 10.6 Å². The highest BCUT2D eigenvalue weighted by atomic mass is 32.1. The lowest BCUT2D eigenvalue weighted by atomic mass is 10.0. The largest absolute Gasteiger partial charge is 0.348 e. The Bertz CT molecular complexity index is 641. The van der Waals surface area contributed by atoms with Gasteiger partial charge in [-0.25, -0.2) is 0 Å². The van der Waals surface area contributed by atoms with E-state index in [2.05, 4.69) is 15.6 Å². The van der Waals surface area contributed by atoms with Crippen LogP contribution in [-0.2, 0) is 4.79 Å². The van der Waals surface area contributed by atoms with Crippen molar-refractivity contribution in [2.75, 3.05) is 0 Å². The fourth-order valence-corrected chi connectivity index (χ4v) is 2.82. The summed E-state index contributed by atoms with van der Waals surface area (Å²) in [5.74, 6) is -0.414. The minimum absolute atomic E-state index is 0.0106. The highest BCUT2D eigenvalue weighted by Crippen LogP contribution is 2.13. The van der Waals surface area contributed by atoms with Crippen LogP contribution in [0.2, 0.25) is 0 Å². The van der Waals surface area contributed by atoms with E-state index in [9.17, 15) is 9.59 Å². The second-order valence-electron chi connectivity index (χ2n) is 5.68. The van der Waals surface area contributed by atoms with E-state index >= 15 is 0 Å². The third-order valence-corrected chi connectivity index (χ3v) is 4.41. The summed E-state index contributed by atoms with van der Waals surface area (Å²) < 4.78 is 0. The summed E-state index contributed by atoms with van der Waals surface area (Å²) in [6, 6.07) is 6.56. The Labute approximate surface area is 140 Å². The van der Waals surface area contributed by atoms with Crippen LogP contribution in [0.4, 0.5) is 0 Å². The van der Waals surface area contributed by atoms with Crippen LogP contribution in [0.15, 0.2) is 42.0 Å². The molecule has 2 rings (SSSR count). The predicted octanol–water partition coefficient (Wildman–Crippen LogP) is 2.77. The second kappa shape index (κ2) is 7.87. The third kappa shape index (κ3) is 4.63. The van der Waals surface area contributed by atoms with Gasteiger partial charge in [0, 0.05) is 12.4 Å². The van der Waals surface area contributed by atoms with Crippen molar-refractivity contribution in [1.82, 2.24) is 15.6 Å². The van der Waals surface area contributed by atoms with Crippen molar-refractivity contribution in [3.05, 3.63) is 52.5 Å². The number of nitrogens with zero attached hydrogens (tertiary/aromatic N) is 1. The lowest BCUT2D eigenvalue weighted by Gasteiger charge is -2.24. The standard InChI is InChI=1S/C17H21N3O2S/c1-11(2)15(20-16(21)14-5-4-10-23-14)17(22)19-12(3)13-6-8-18-9-7-13/h4-12,15H,1-3H3,(H,19,22)(H,20,21). The zero-order chi connectivity index (χ0) is 16.8. The van der Waals surface area contributed by atoms with Gasteiger partial charge in [0.25, 0.3) is 5.91 Å². The molecule has 0 aliphatic carbocycles. The molecule has 0 radical (unpaired) electrons. The second-order valence-corrected chi connectivity index (χ2v) is 6.63. The molecule has 2 heterocycles. The zero-order valence-electron chi connectivity index (χ0n) is 13.4. The molecule has 0 aliphatic rings. The van der Waals surface area contributed by atoms with Crippen LogP contribution in [0.1, 0.15) is 42.0 Å².